The number of hydrogen-bond donors (Lipinski definition) is 3. The maximum absolute atomic E-state index is 11.6. The Labute approximate surface area is 148 Å². The van der Waals surface area contributed by atoms with E-state index in [2.05, 4.69) is 15.6 Å². The lowest BCUT2D eigenvalue weighted by molar-refractivity contribution is -0.118. The molecule has 1 aliphatic heterocycles. The summed E-state index contributed by atoms with van der Waals surface area (Å²) in [5, 5.41) is 5.78. The zero-order valence-electron chi connectivity index (χ0n) is 13.1. The van der Waals surface area contributed by atoms with Gasteiger partial charge in [-0.05, 0) is 19.8 Å². The first-order valence-corrected chi connectivity index (χ1v) is 7.25. The van der Waals surface area contributed by atoms with Crippen molar-refractivity contribution in [1.29, 1.82) is 0 Å². The summed E-state index contributed by atoms with van der Waals surface area (Å²) in [6.07, 6.45) is 1.36. The van der Waals surface area contributed by atoms with Gasteiger partial charge in [-0.25, -0.2) is 4.79 Å². The van der Waals surface area contributed by atoms with E-state index in [0.29, 0.717) is 38.7 Å². The van der Waals surface area contributed by atoms with Gasteiger partial charge in [0, 0.05) is 32.6 Å². The molecule has 0 bridgehead atoms. The third-order valence-corrected chi connectivity index (χ3v) is 3.14. The van der Waals surface area contributed by atoms with E-state index in [1.807, 2.05) is 0 Å². The molecule has 1 heterocycles. The second kappa shape index (κ2) is 11.3. The van der Waals surface area contributed by atoms with Crippen LogP contribution in [0.5, 0.6) is 0 Å². The van der Waals surface area contributed by atoms with Gasteiger partial charge in [0.05, 0.1) is 13.2 Å². The Morgan fingerprint density at radius 3 is 2.55 bits per heavy atom. The van der Waals surface area contributed by atoms with E-state index < -0.39 is 0 Å². The highest BCUT2D eigenvalue weighted by Gasteiger charge is 2.23. The predicted molar refractivity (Wildman–Crippen MR) is 95.3 cm³/mol. The van der Waals surface area contributed by atoms with Crippen molar-refractivity contribution in [3.63, 3.8) is 0 Å². The van der Waals surface area contributed by atoms with Crippen LogP contribution in [0.4, 0.5) is 4.79 Å². The fourth-order valence-electron chi connectivity index (χ4n) is 2.08. The van der Waals surface area contributed by atoms with Crippen molar-refractivity contribution >= 4 is 41.9 Å². The number of carbonyl (C=O) groups excluding carboxylic acids is 2. The fourth-order valence-corrected chi connectivity index (χ4v) is 2.08. The normalized spacial score (nSPS) is 15.7. The van der Waals surface area contributed by atoms with Crippen LogP contribution < -0.4 is 16.4 Å². The fraction of sp³-hybridized carbons (Fsp3) is 0.769. The van der Waals surface area contributed by atoms with E-state index in [4.69, 9.17) is 10.5 Å². The van der Waals surface area contributed by atoms with E-state index in [0.717, 1.165) is 12.8 Å². The zero-order chi connectivity index (χ0) is 15.7. The number of nitrogens with two attached hydrogens (primary N) is 1. The Morgan fingerprint density at radius 1 is 1.36 bits per heavy atom. The van der Waals surface area contributed by atoms with Crippen LogP contribution in [0.3, 0.4) is 0 Å². The molecule has 0 aromatic heterocycles. The van der Waals surface area contributed by atoms with Gasteiger partial charge in [0.1, 0.15) is 0 Å². The van der Waals surface area contributed by atoms with E-state index in [-0.39, 0.29) is 42.0 Å². The quantitative estimate of drug-likeness (QED) is 0.253. The van der Waals surface area contributed by atoms with Crippen molar-refractivity contribution in [2.45, 2.75) is 32.7 Å². The van der Waals surface area contributed by atoms with Crippen LogP contribution in [0, 0.1) is 0 Å². The van der Waals surface area contributed by atoms with Gasteiger partial charge in [0.2, 0.25) is 5.91 Å². The molecule has 1 aliphatic rings. The van der Waals surface area contributed by atoms with E-state index in [1.165, 1.54) is 6.92 Å². The molecule has 0 aromatic carbocycles. The minimum atomic E-state index is -0.257. The van der Waals surface area contributed by atoms with Gasteiger partial charge in [-0.2, -0.15) is 0 Å². The van der Waals surface area contributed by atoms with E-state index in [1.54, 1.807) is 11.8 Å². The van der Waals surface area contributed by atoms with Crippen LogP contribution in [-0.2, 0) is 9.53 Å². The molecule has 0 unspecified atom stereocenters. The lowest BCUT2D eigenvalue weighted by Gasteiger charge is -2.31. The average molecular weight is 427 g/mol. The smallest absolute Gasteiger partial charge is 0.409 e. The van der Waals surface area contributed by atoms with Gasteiger partial charge in [-0.15, -0.1) is 24.0 Å². The molecule has 8 nitrogen and oxygen atoms in total. The Bertz CT molecular complexity index is 384. The van der Waals surface area contributed by atoms with Crippen molar-refractivity contribution in [1.82, 2.24) is 15.5 Å². The van der Waals surface area contributed by atoms with Gasteiger partial charge in [-0.1, -0.05) is 0 Å². The first-order chi connectivity index (χ1) is 10.0. The van der Waals surface area contributed by atoms with Crippen molar-refractivity contribution < 1.29 is 14.3 Å². The summed E-state index contributed by atoms with van der Waals surface area (Å²) in [5.74, 6) is 0.290. The highest BCUT2D eigenvalue weighted by molar-refractivity contribution is 14.0. The summed E-state index contributed by atoms with van der Waals surface area (Å²) in [4.78, 5) is 28.1. The molecule has 0 radical (unpaired) electrons. The molecule has 4 N–H and O–H groups in total. The molecule has 0 aromatic rings. The molecule has 0 spiro atoms. The Kier molecular flexibility index (Phi) is 10.7. The Hall–Kier alpha value is -1.26. The third kappa shape index (κ3) is 8.25. The number of carbonyl (C=O) groups is 2. The molecule has 1 saturated heterocycles. The van der Waals surface area contributed by atoms with Crippen LogP contribution in [0.15, 0.2) is 4.99 Å². The van der Waals surface area contributed by atoms with Gasteiger partial charge in [0.15, 0.2) is 5.96 Å². The zero-order valence-corrected chi connectivity index (χ0v) is 15.5. The summed E-state index contributed by atoms with van der Waals surface area (Å²) in [6.45, 7) is 5.86. The van der Waals surface area contributed by atoms with Crippen molar-refractivity contribution in [3.8, 4) is 0 Å². The highest BCUT2D eigenvalue weighted by atomic mass is 127. The minimum absolute atomic E-state index is 0. The first kappa shape index (κ1) is 20.7. The summed E-state index contributed by atoms with van der Waals surface area (Å²) in [6, 6.07) is 0.209. The number of hydrogen-bond acceptors (Lipinski definition) is 4. The third-order valence-electron chi connectivity index (χ3n) is 3.14. The number of guanidine groups is 1. The lowest BCUT2D eigenvalue weighted by atomic mass is 10.1. The van der Waals surface area contributed by atoms with Crippen molar-refractivity contribution in [2.75, 3.05) is 32.8 Å². The summed E-state index contributed by atoms with van der Waals surface area (Å²) in [5.41, 5.74) is 5.78. The maximum atomic E-state index is 11.6. The number of likely N-dealkylation sites (tertiary alicyclic amines) is 1. The molecular weight excluding hydrogens is 401 g/mol. The standard InChI is InChI=1S/C13H25N5O3.HI/c1-3-21-13(20)18-8-4-11(5-9-18)17-12(14)16-7-6-15-10(2)19;/h11H,3-9H2,1-2H3,(H,15,19)(H3,14,16,17);1H. The molecule has 2 amide bonds. The topological polar surface area (TPSA) is 109 Å². The maximum Gasteiger partial charge on any atom is 0.409 e. The number of amides is 2. The van der Waals surface area contributed by atoms with Gasteiger partial charge in [-0.3, -0.25) is 9.79 Å². The van der Waals surface area contributed by atoms with Crippen LogP contribution in [0.1, 0.15) is 26.7 Å². The molecule has 1 fully saturated rings. The molecule has 1 rings (SSSR count). The van der Waals surface area contributed by atoms with E-state index in [9.17, 15) is 9.59 Å². The number of nitrogens with zero attached hydrogens (tertiary/aromatic N) is 2. The summed E-state index contributed by atoms with van der Waals surface area (Å²) >= 11 is 0. The second-order valence-electron chi connectivity index (χ2n) is 4.85. The van der Waals surface area contributed by atoms with Crippen molar-refractivity contribution in [2.24, 2.45) is 10.7 Å². The minimum Gasteiger partial charge on any atom is -0.450 e. The van der Waals surface area contributed by atoms with Crippen LogP contribution >= 0.6 is 24.0 Å². The van der Waals surface area contributed by atoms with Crippen LogP contribution in [-0.4, -0.2) is 61.7 Å². The van der Waals surface area contributed by atoms with E-state index >= 15 is 0 Å². The molecule has 128 valence electrons. The molecule has 0 saturated carbocycles. The number of ether oxygens (including phenoxy) is 1. The number of piperidine rings is 1. The summed E-state index contributed by atoms with van der Waals surface area (Å²) in [7, 11) is 0. The van der Waals surface area contributed by atoms with Crippen LogP contribution in [0.2, 0.25) is 0 Å². The summed E-state index contributed by atoms with van der Waals surface area (Å²) < 4.78 is 4.97. The number of nitrogens with one attached hydrogen (secondary N) is 2. The van der Waals surface area contributed by atoms with Gasteiger partial charge < -0.3 is 26.0 Å². The molecule has 9 heteroatoms. The highest BCUT2D eigenvalue weighted by Crippen LogP contribution is 2.11. The first-order valence-electron chi connectivity index (χ1n) is 7.25. The molecule has 0 atom stereocenters. The average Bonchev–Trinajstić information content (AvgIpc) is 2.44. The monoisotopic (exact) mass is 427 g/mol. The van der Waals surface area contributed by atoms with Gasteiger partial charge in [0.25, 0.3) is 0 Å². The van der Waals surface area contributed by atoms with Gasteiger partial charge >= 0.3 is 6.09 Å². The Morgan fingerprint density at radius 2 is 2.00 bits per heavy atom. The largest absolute Gasteiger partial charge is 0.450 e. The predicted octanol–water partition coefficient (Wildman–Crippen LogP) is 0.266. The molecule has 0 aliphatic carbocycles. The second-order valence-corrected chi connectivity index (χ2v) is 4.85. The molecule has 22 heavy (non-hydrogen) atoms. The van der Waals surface area contributed by atoms with Crippen molar-refractivity contribution in [3.05, 3.63) is 0 Å². The number of aliphatic imine (C=N–C) groups is 1. The number of halogens is 1. The lowest BCUT2D eigenvalue weighted by Crippen LogP contribution is -2.48. The molecular formula is C13H26IN5O3. The van der Waals surface area contributed by atoms with Crippen LogP contribution in [0.25, 0.3) is 0 Å². The SMILES string of the molecule is CCOC(=O)N1CCC(NC(N)=NCCNC(C)=O)CC1.I. The number of rotatable bonds is 5. The Balaban J connectivity index is 0.00000441.